The Morgan fingerprint density at radius 1 is 1.29 bits per heavy atom. The van der Waals surface area contributed by atoms with E-state index in [0.29, 0.717) is 50.8 Å². The molecule has 0 spiro atoms. The lowest BCUT2D eigenvalue weighted by molar-refractivity contribution is -0.130. The molecular formula is C18H29N5O4S. The maximum absolute atomic E-state index is 12.4. The molecule has 0 saturated carbocycles. The molecule has 156 valence electrons. The third-order valence-corrected chi connectivity index (χ3v) is 5.50. The van der Waals surface area contributed by atoms with Crippen LogP contribution in [0, 0.1) is 6.92 Å². The van der Waals surface area contributed by atoms with Gasteiger partial charge in [-0.3, -0.25) is 19.3 Å². The number of carbonyl (C=O) groups is 3. The highest BCUT2D eigenvalue weighted by atomic mass is 32.2. The Hall–Kier alpha value is -2.07. The Morgan fingerprint density at radius 3 is 2.61 bits per heavy atom. The van der Waals surface area contributed by atoms with Crippen molar-refractivity contribution in [2.24, 2.45) is 0 Å². The number of aromatic nitrogens is 1. The number of anilines is 1. The number of piperazine rings is 1. The van der Waals surface area contributed by atoms with E-state index in [2.05, 4.69) is 20.7 Å². The summed E-state index contributed by atoms with van der Waals surface area (Å²) in [6, 6.07) is 1.64. The molecule has 0 aromatic carbocycles. The van der Waals surface area contributed by atoms with Crippen LogP contribution in [0.1, 0.15) is 26.0 Å². The van der Waals surface area contributed by atoms with Crippen molar-refractivity contribution in [3.8, 4) is 0 Å². The van der Waals surface area contributed by atoms with Crippen molar-refractivity contribution >= 4 is 35.3 Å². The molecular weight excluding hydrogens is 382 g/mol. The third kappa shape index (κ3) is 7.16. The van der Waals surface area contributed by atoms with Crippen molar-refractivity contribution in [2.45, 2.75) is 32.4 Å². The quantitative estimate of drug-likeness (QED) is 0.616. The molecule has 1 aliphatic heterocycles. The van der Waals surface area contributed by atoms with Gasteiger partial charge in [-0.15, -0.1) is 11.8 Å². The zero-order valence-electron chi connectivity index (χ0n) is 16.7. The number of carbonyl (C=O) groups excluding carboxylic acids is 3. The second-order valence-electron chi connectivity index (χ2n) is 6.77. The summed E-state index contributed by atoms with van der Waals surface area (Å²) < 4.78 is 4.91. The highest BCUT2D eigenvalue weighted by molar-refractivity contribution is 8.01. The van der Waals surface area contributed by atoms with Gasteiger partial charge in [-0.2, -0.15) is 0 Å². The lowest BCUT2D eigenvalue weighted by Crippen LogP contribution is -2.51. The minimum Gasteiger partial charge on any atom is -0.360 e. The third-order valence-electron chi connectivity index (χ3n) is 4.37. The standard InChI is InChI=1S/C18H29N5O4S/c1-4-5-19-16(24)11-22-6-8-23(9-7-22)17(25)12-28-14(3)18(26)20-15-10-13(2)27-21-15/h10,14H,4-9,11-12H2,1-3H3,(H,19,24)(H,20,21,26). The van der Waals surface area contributed by atoms with Crippen LogP contribution in [0.3, 0.4) is 0 Å². The van der Waals surface area contributed by atoms with E-state index in [0.717, 1.165) is 6.42 Å². The van der Waals surface area contributed by atoms with Crippen LogP contribution in [0.5, 0.6) is 0 Å². The van der Waals surface area contributed by atoms with Crippen molar-refractivity contribution in [1.29, 1.82) is 0 Å². The zero-order chi connectivity index (χ0) is 20.5. The summed E-state index contributed by atoms with van der Waals surface area (Å²) >= 11 is 1.29. The molecule has 1 aromatic heterocycles. The Kier molecular flexibility index (Phi) is 8.78. The number of aryl methyl sites for hydroxylation is 1. The van der Waals surface area contributed by atoms with Crippen LogP contribution < -0.4 is 10.6 Å². The van der Waals surface area contributed by atoms with Gasteiger partial charge in [0.2, 0.25) is 17.7 Å². The maximum Gasteiger partial charge on any atom is 0.238 e. The van der Waals surface area contributed by atoms with E-state index in [-0.39, 0.29) is 28.7 Å². The first kappa shape index (κ1) is 22.2. The average molecular weight is 412 g/mol. The van der Waals surface area contributed by atoms with Crippen LogP contribution in [0.25, 0.3) is 0 Å². The zero-order valence-corrected chi connectivity index (χ0v) is 17.5. The molecule has 1 atom stereocenters. The van der Waals surface area contributed by atoms with Gasteiger partial charge >= 0.3 is 0 Å². The first-order chi connectivity index (χ1) is 13.4. The van der Waals surface area contributed by atoms with Gasteiger partial charge in [0.1, 0.15) is 5.76 Å². The number of amides is 3. The highest BCUT2D eigenvalue weighted by Crippen LogP contribution is 2.15. The Balaban J connectivity index is 1.66. The molecule has 2 rings (SSSR count). The van der Waals surface area contributed by atoms with Gasteiger partial charge in [0.25, 0.3) is 0 Å². The molecule has 2 heterocycles. The van der Waals surface area contributed by atoms with E-state index in [9.17, 15) is 14.4 Å². The molecule has 1 aliphatic rings. The Labute approximate surface area is 169 Å². The lowest BCUT2D eigenvalue weighted by Gasteiger charge is -2.34. The normalized spacial score (nSPS) is 15.9. The summed E-state index contributed by atoms with van der Waals surface area (Å²) in [6.07, 6.45) is 0.917. The van der Waals surface area contributed by atoms with Gasteiger partial charge in [0.05, 0.1) is 17.5 Å². The van der Waals surface area contributed by atoms with Gasteiger partial charge in [0.15, 0.2) is 5.82 Å². The predicted molar refractivity (Wildman–Crippen MR) is 108 cm³/mol. The van der Waals surface area contributed by atoms with E-state index in [1.54, 1.807) is 24.8 Å². The molecule has 1 fully saturated rings. The second-order valence-corrected chi connectivity index (χ2v) is 8.10. The molecule has 1 unspecified atom stereocenters. The van der Waals surface area contributed by atoms with Crippen LogP contribution in [0.2, 0.25) is 0 Å². The fourth-order valence-corrected chi connectivity index (χ4v) is 3.48. The lowest BCUT2D eigenvalue weighted by atomic mass is 10.3. The van der Waals surface area contributed by atoms with Crippen molar-refractivity contribution < 1.29 is 18.9 Å². The van der Waals surface area contributed by atoms with Gasteiger partial charge in [-0.05, 0) is 20.3 Å². The minimum absolute atomic E-state index is 0.0111. The minimum atomic E-state index is -0.385. The Morgan fingerprint density at radius 2 is 2.00 bits per heavy atom. The topological polar surface area (TPSA) is 108 Å². The molecule has 2 N–H and O–H groups in total. The molecule has 3 amide bonds. The number of hydrogen-bond donors (Lipinski definition) is 2. The summed E-state index contributed by atoms with van der Waals surface area (Å²) in [5, 5.41) is 8.87. The van der Waals surface area contributed by atoms with Gasteiger partial charge in [-0.25, -0.2) is 0 Å². The summed E-state index contributed by atoms with van der Waals surface area (Å²) in [6.45, 7) is 9.13. The fourth-order valence-electron chi connectivity index (χ4n) is 2.70. The van der Waals surface area contributed by atoms with Crippen LogP contribution in [-0.2, 0) is 14.4 Å². The monoisotopic (exact) mass is 411 g/mol. The second kappa shape index (κ2) is 11.1. The molecule has 0 bridgehead atoms. The van der Waals surface area contributed by atoms with Gasteiger partial charge < -0.3 is 20.1 Å². The predicted octanol–water partition coefficient (Wildman–Crippen LogP) is 0.714. The number of thioether (sulfide) groups is 1. The highest BCUT2D eigenvalue weighted by Gasteiger charge is 2.24. The molecule has 1 saturated heterocycles. The number of nitrogens with one attached hydrogen (secondary N) is 2. The van der Waals surface area contributed by atoms with Crippen LogP contribution >= 0.6 is 11.8 Å². The first-order valence-electron chi connectivity index (χ1n) is 9.51. The van der Waals surface area contributed by atoms with Crippen molar-refractivity contribution in [1.82, 2.24) is 20.3 Å². The van der Waals surface area contributed by atoms with E-state index < -0.39 is 0 Å². The molecule has 9 nitrogen and oxygen atoms in total. The van der Waals surface area contributed by atoms with Gasteiger partial charge in [-0.1, -0.05) is 12.1 Å². The molecule has 0 aliphatic carbocycles. The van der Waals surface area contributed by atoms with Crippen molar-refractivity contribution in [2.75, 3.05) is 50.3 Å². The van der Waals surface area contributed by atoms with E-state index in [1.807, 2.05) is 6.92 Å². The smallest absolute Gasteiger partial charge is 0.238 e. The largest absolute Gasteiger partial charge is 0.360 e. The first-order valence-corrected chi connectivity index (χ1v) is 10.6. The molecule has 0 radical (unpaired) electrons. The number of hydrogen-bond acceptors (Lipinski definition) is 7. The average Bonchev–Trinajstić information content (AvgIpc) is 3.09. The van der Waals surface area contributed by atoms with Gasteiger partial charge in [0, 0.05) is 38.8 Å². The summed E-state index contributed by atoms with van der Waals surface area (Å²) in [4.78, 5) is 40.2. The summed E-state index contributed by atoms with van der Waals surface area (Å²) in [5.74, 6) is 1.06. The number of rotatable bonds is 9. The SMILES string of the molecule is CCCNC(=O)CN1CCN(C(=O)CSC(C)C(=O)Nc2cc(C)on2)CC1. The fraction of sp³-hybridized carbons (Fsp3) is 0.667. The van der Waals surface area contributed by atoms with E-state index in [1.165, 1.54) is 11.8 Å². The Bertz CT molecular complexity index is 673. The van der Waals surface area contributed by atoms with Crippen LogP contribution in [-0.4, -0.2) is 82.9 Å². The van der Waals surface area contributed by atoms with Crippen molar-refractivity contribution in [3.63, 3.8) is 0 Å². The summed E-state index contributed by atoms with van der Waals surface area (Å²) in [7, 11) is 0. The number of nitrogens with zero attached hydrogens (tertiary/aromatic N) is 3. The molecule has 10 heteroatoms. The molecule has 28 heavy (non-hydrogen) atoms. The van der Waals surface area contributed by atoms with E-state index >= 15 is 0 Å². The van der Waals surface area contributed by atoms with Crippen LogP contribution in [0.15, 0.2) is 10.6 Å². The molecule has 1 aromatic rings. The summed E-state index contributed by atoms with van der Waals surface area (Å²) in [5.41, 5.74) is 0. The van der Waals surface area contributed by atoms with E-state index in [4.69, 9.17) is 4.52 Å². The van der Waals surface area contributed by atoms with Crippen molar-refractivity contribution in [3.05, 3.63) is 11.8 Å². The van der Waals surface area contributed by atoms with Crippen LogP contribution in [0.4, 0.5) is 5.82 Å². The maximum atomic E-state index is 12.4.